The Labute approximate surface area is 123 Å². The smallest absolute Gasteiger partial charge is 0.329 e. The Kier molecular flexibility index (Phi) is 6.48. The number of carbonyl (C=O) groups is 2. The highest BCUT2D eigenvalue weighted by atomic mass is 35.5. The van der Waals surface area contributed by atoms with Crippen LogP contribution in [0.1, 0.15) is 25.5 Å². The molecule has 1 unspecified atom stereocenters. The van der Waals surface area contributed by atoms with Crippen molar-refractivity contribution >= 4 is 23.5 Å². The summed E-state index contributed by atoms with van der Waals surface area (Å²) in [6.07, 6.45) is 0. The van der Waals surface area contributed by atoms with Gasteiger partial charge in [0, 0.05) is 24.5 Å². The van der Waals surface area contributed by atoms with Gasteiger partial charge in [-0.05, 0) is 24.6 Å². The molecule has 2 atom stereocenters. The molecule has 6 heteroatoms. The van der Waals surface area contributed by atoms with Crippen molar-refractivity contribution < 1.29 is 14.3 Å². The van der Waals surface area contributed by atoms with Crippen LogP contribution in [0.3, 0.4) is 0 Å². The summed E-state index contributed by atoms with van der Waals surface area (Å²) in [5, 5.41) is 6.37. The Bertz CT molecular complexity index is 479. The minimum atomic E-state index is -0.709. The number of esters is 1. The van der Waals surface area contributed by atoms with E-state index in [4.69, 9.17) is 11.6 Å². The van der Waals surface area contributed by atoms with Crippen molar-refractivity contribution in [2.24, 2.45) is 0 Å². The average molecular weight is 299 g/mol. The predicted molar refractivity (Wildman–Crippen MR) is 77.5 cm³/mol. The molecule has 1 aromatic carbocycles. The second-order valence-corrected chi connectivity index (χ2v) is 4.90. The van der Waals surface area contributed by atoms with Gasteiger partial charge < -0.3 is 15.4 Å². The fraction of sp³-hybridized carbons (Fsp3) is 0.429. The Morgan fingerprint density at radius 1 is 1.40 bits per heavy atom. The Hall–Kier alpha value is -1.59. The van der Waals surface area contributed by atoms with Crippen LogP contribution in [-0.2, 0) is 14.3 Å². The lowest BCUT2D eigenvalue weighted by atomic mass is 10.1. The highest BCUT2D eigenvalue weighted by molar-refractivity contribution is 6.30. The van der Waals surface area contributed by atoms with E-state index in [0.29, 0.717) is 5.02 Å². The molecule has 110 valence electrons. The number of rotatable bonds is 6. The van der Waals surface area contributed by atoms with E-state index in [2.05, 4.69) is 15.4 Å². The van der Waals surface area contributed by atoms with Gasteiger partial charge in [-0.3, -0.25) is 4.79 Å². The fourth-order valence-electron chi connectivity index (χ4n) is 1.77. The van der Waals surface area contributed by atoms with Crippen molar-refractivity contribution in [3.05, 3.63) is 34.9 Å². The molecule has 0 aliphatic rings. The summed E-state index contributed by atoms with van der Waals surface area (Å²) < 4.78 is 4.66. The summed E-state index contributed by atoms with van der Waals surface area (Å²) >= 11 is 5.93. The van der Waals surface area contributed by atoms with Gasteiger partial charge in [0.15, 0.2) is 0 Å². The molecule has 1 aromatic rings. The molecule has 0 radical (unpaired) electrons. The van der Waals surface area contributed by atoms with E-state index in [-0.39, 0.29) is 18.5 Å². The van der Waals surface area contributed by atoms with Crippen LogP contribution in [0, 0.1) is 0 Å². The van der Waals surface area contributed by atoms with Crippen LogP contribution in [0.2, 0.25) is 5.02 Å². The first-order valence-corrected chi connectivity index (χ1v) is 6.65. The van der Waals surface area contributed by atoms with Crippen LogP contribution in [-0.4, -0.2) is 31.6 Å². The van der Waals surface area contributed by atoms with Gasteiger partial charge in [0.05, 0.1) is 7.11 Å². The van der Waals surface area contributed by atoms with Crippen molar-refractivity contribution in [3.8, 4) is 0 Å². The van der Waals surface area contributed by atoms with Crippen molar-refractivity contribution in [1.82, 2.24) is 10.6 Å². The summed E-state index contributed by atoms with van der Waals surface area (Å²) in [7, 11) is 1.29. The standard InChI is InChI=1S/C14H19ClN2O3/c1-9(11-5-4-6-12(15)7-11)16-8-13(14(19)20-3)17-10(2)18/h4-7,9,13,16H,8H2,1-3H3,(H,17,18)/t9-,13?/m1/s1. The van der Waals surface area contributed by atoms with E-state index in [9.17, 15) is 9.59 Å². The SMILES string of the molecule is COC(=O)C(CN[C@H](C)c1cccc(Cl)c1)NC(C)=O. The number of methoxy groups -OCH3 is 1. The minimum absolute atomic E-state index is 0.00499. The van der Waals surface area contributed by atoms with Crippen molar-refractivity contribution in [2.75, 3.05) is 13.7 Å². The second-order valence-electron chi connectivity index (χ2n) is 4.46. The van der Waals surface area contributed by atoms with Crippen LogP contribution < -0.4 is 10.6 Å². The number of amides is 1. The molecule has 0 heterocycles. The molecule has 2 N–H and O–H groups in total. The van der Waals surface area contributed by atoms with Gasteiger partial charge in [-0.2, -0.15) is 0 Å². The molecular formula is C14H19ClN2O3. The summed E-state index contributed by atoms with van der Waals surface area (Å²) in [5.74, 6) is -0.761. The van der Waals surface area contributed by atoms with Crippen LogP contribution in [0.5, 0.6) is 0 Å². The summed E-state index contributed by atoms with van der Waals surface area (Å²) in [6.45, 7) is 3.59. The predicted octanol–water partition coefficient (Wildman–Crippen LogP) is 1.67. The van der Waals surface area contributed by atoms with Crippen LogP contribution >= 0.6 is 11.6 Å². The monoisotopic (exact) mass is 298 g/mol. The van der Waals surface area contributed by atoms with Crippen LogP contribution in [0.4, 0.5) is 0 Å². The first-order chi connectivity index (χ1) is 9.43. The molecule has 0 aliphatic heterocycles. The number of halogens is 1. The van der Waals surface area contributed by atoms with E-state index in [1.165, 1.54) is 14.0 Å². The Morgan fingerprint density at radius 3 is 2.65 bits per heavy atom. The zero-order valence-corrected chi connectivity index (χ0v) is 12.5. The molecule has 0 saturated heterocycles. The summed E-state index contributed by atoms with van der Waals surface area (Å²) in [6, 6.07) is 6.74. The largest absolute Gasteiger partial charge is 0.467 e. The van der Waals surface area contributed by atoms with Crippen LogP contribution in [0.25, 0.3) is 0 Å². The van der Waals surface area contributed by atoms with Crippen molar-refractivity contribution in [1.29, 1.82) is 0 Å². The number of benzene rings is 1. The van der Waals surface area contributed by atoms with Gasteiger partial charge in [-0.25, -0.2) is 4.79 Å². The number of carbonyl (C=O) groups excluding carboxylic acids is 2. The molecule has 0 fully saturated rings. The van der Waals surface area contributed by atoms with E-state index in [0.717, 1.165) is 5.56 Å². The molecule has 0 bridgehead atoms. The van der Waals surface area contributed by atoms with Gasteiger partial charge in [0.2, 0.25) is 5.91 Å². The molecule has 0 spiro atoms. The first-order valence-electron chi connectivity index (χ1n) is 6.27. The summed E-state index contributed by atoms with van der Waals surface area (Å²) in [5.41, 5.74) is 1.00. The maximum Gasteiger partial charge on any atom is 0.329 e. The average Bonchev–Trinajstić information content (AvgIpc) is 2.41. The zero-order chi connectivity index (χ0) is 15.1. The highest BCUT2D eigenvalue weighted by Crippen LogP contribution is 2.17. The Balaban J connectivity index is 2.62. The van der Waals surface area contributed by atoms with Crippen LogP contribution in [0.15, 0.2) is 24.3 Å². The fourth-order valence-corrected chi connectivity index (χ4v) is 1.97. The van der Waals surface area contributed by atoms with Crippen molar-refractivity contribution in [3.63, 3.8) is 0 Å². The third-order valence-corrected chi connectivity index (χ3v) is 3.08. The van der Waals surface area contributed by atoms with Gasteiger partial charge in [-0.15, -0.1) is 0 Å². The third kappa shape index (κ3) is 5.19. The number of hydrogen-bond donors (Lipinski definition) is 2. The maximum atomic E-state index is 11.6. The van der Waals surface area contributed by atoms with E-state index >= 15 is 0 Å². The van der Waals surface area contributed by atoms with Gasteiger partial charge >= 0.3 is 5.97 Å². The molecule has 0 saturated carbocycles. The number of hydrogen-bond acceptors (Lipinski definition) is 4. The van der Waals surface area contributed by atoms with Gasteiger partial charge in [-0.1, -0.05) is 23.7 Å². The molecular weight excluding hydrogens is 280 g/mol. The molecule has 0 aromatic heterocycles. The highest BCUT2D eigenvalue weighted by Gasteiger charge is 2.20. The van der Waals surface area contributed by atoms with E-state index in [1.807, 2.05) is 25.1 Å². The maximum absolute atomic E-state index is 11.6. The summed E-state index contributed by atoms with van der Waals surface area (Å²) in [4.78, 5) is 22.6. The zero-order valence-electron chi connectivity index (χ0n) is 11.8. The minimum Gasteiger partial charge on any atom is -0.467 e. The molecule has 20 heavy (non-hydrogen) atoms. The molecule has 1 rings (SSSR count). The molecule has 0 aliphatic carbocycles. The van der Waals surface area contributed by atoms with Crippen molar-refractivity contribution in [2.45, 2.75) is 25.9 Å². The number of nitrogens with one attached hydrogen (secondary N) is 2. The molecule has 1 amide bonds. The van der Waals surface area contributed by atoms with E-state index < -0.39 is 12.0 Å². The lowest BCUT2D eigenvalue weighted by molar-refractivity contribution is -0.144. The van der Waals surface area contributed by atoms with Gasteiger partial charge in [0.1, 0.15) is 6.04 Å². The topological polar surface area (TPSA) is 67.4 Å². The molecule has 5 nitrogen and oxygen atoms in total. The quantitative estimate of drug-likeness (QED) is 0.784. The lowest BCUT2D eigenvalue weighted by Crippen LogP contribution is -2.47. The second kappa shape index (κ2) is 7.87. The first kappa shape index (κ1) is 16.5. The third-order valence-electron chi connectivity index (χ3n) is 2.84. The number of ether oxygens (including phenoxy) is 1. The normalized spacial score (nSPS) is 13.4. The lowest BCUT2D eigenvalue weighted by Gasteiger charge is -2.20. The Morgan fingerprint density at radius 2 is 2.10 bits per heavy atom. The van der Waals surface area contributed by atoms with Gasteiger partial charge in [0.25, 0.3) is 0 Å². The van der Waals surface area contributed by atoms with E-state index in [1.54, 1.807) is 6.07 Å².